The Bertz CT molecular complexity index is 1270. The minimum Gasteiger partial charge on any atom is -0.449 e. The summed E-state index contributed by atoms with van der Waals surface area (Å²) in [7, 11) is 0. The zero-order chi connectivity index (χ0) is 22.9. The molecule has 6 nitrogen and oxygen atoms in total. The Morgan fingerprint density at radius 1 is 1.03 bits per heavy atom. The van der Waals surface area contributed by atoms with Gasteiger partial charge in [-0.1, -0.05) is 48.5 Å². The number of aliphatic hydroxyl groups excluding tert-OH is 2. The first-order valence-corrected chi connectivity index (χ1v) is 10.7. The zero-order valence-corrected chi connectivity index (χ0v) is 17.7. The Hall–Kier alpha value is -3.68. The summed E-state index contributed by atoms with van der Waals surface area (Å²) < 4.78 is 19.0. The largest absolute Gasteiger partial charge is 0.449 e. The number of amides is 1. The fourth-order valence-electron chi connectivity index (χ4n) is 4.52. The molecule has 4 aromatic rings. The molecule has 1 aromatic heterocycles. The number of hydrogen-bond acceptors (Lipinski definition) is 4. The fraction of sp³-hybridized carbons (Fsp3) is 0.192. The lowest BCUT2D eigenvalue weighted by molar-refractivity contribution is 0.0194. The monoisotopic (exact) mass is 446 g/mol. The lowest BCUT2D eigenvalue weighted by atomic mass is 9.98. The molecule has 168 valence electrons. The summed E-state index contributed by atoms with van der Waals surface area (Å²) in [5.74, 6) is -0.512. The van der Waals surface area contributed by atoms with Crippen LogP contribution < -0.4 is 5.32 Å². The highest BCUT2D eigenvalue weighted by atomic mass is 19.1. The number of carbonyl (C=O) groups excluding carboxylic acids is 1. The summed E-state index contributed by atoms with van der Waals surface area (Å²) in [6.45, 7) is -0.0694. The molecule has 1 aliphatic carbocycles. The highest BCUT2D eigenvalue weighted by Gasteiger charge is 2.29. The van der Waals surface area contributed by atoms with Crippen LogP contribution >= 0.6 is 0 Å². The maximum Gasteiger partial charge on any atom is 0.407 e. The van der Waals surface area contributed by atoms with Crippen LogP contribution in [-0.2, 0) is 4.74 Å². The van der Waals surface area contributed by atoms with Gasteiger partial charge in [0.1, 0.15) is 24.6 Å². The van der Waals surface area contributed by atoms with E-state index >= 15 is 0 Å². The number of aliphatic hydroxyl groups is 2. The van der Waals surface area contributed by atoms with Crippen LogP contribution in [0.1, 0.15) is 28.7 Å². The van der Waals surface area contributed by atoms with Gasteiger partial charge in [-0.25, -0.2) is 9.18 Å². The van der Waals surface area contributed by atoms with Gasteiger partial charge < -0.3 is 25.3 Å². The third-order valence-corrected chi connectivity index (χ3v) is 6.16. The molecule has 5 rings (SSSR count). The minimum absolute atomic E-state index is 0.0696. The number of ether oxygens (including phenoxy) is 1. The Balaban J connectivity index is 1.20. The molecule has 0 radical (unpaired) electrons. The van der Waals surface area contributed by atoms with E-state index in [2.05, 4.69) is 22.4 Å². The number of halogens is 1. The molecule has 0 aliphatic heterocycles. The smallest absolute Gasteiger partial charge is 0.407 e. The number of rotatable bonds is 6. The van der Waals surface area contributed by atoms with E-state index in [1.54, 1.807) is 6.07 Å². The highest BCUT2D eigenvalue weighted by Crippen LogP contribution is 2.44. The first-order chi connectivity index (χ1) is 16.0. The van der Waals surface area contributed by atoms with Gasteiger partial charge in [-0.2, -0.15) is 0 Å². The SMILES string of the molecule is O=C(NCC(O)C(O)c1c[nH]c2ccc(F)cc12)OCC1c2ccccc2-c2ccccc21. The third kappa shape index (κ3) is 3.97. The summed E-state index contributed by atoms with van der Waals surface area (Å²) >= 11 is 0. The van der Waals surface area contributed by atoms with Crippen molar-refractivity contribution in [2.45, 2.75) is 18.1 Å². The van der Waals surface area contributed by atoms with Crippen molar-refractivity contribution in [1.82, 2.24) is 10.3 Å². The molecule has 0 bridgehead atoms. The van der Waals surface area contributed by atoms with Gasteiger partial charge in [-0.05, 0) is 40.5 Å². The number of nitrogens with one attached hydrogen (secondary N) is 2. The molecule has 0 saturated heterocycles. The van der Waals surface area contributed by atoms with Crippen molar-refractivity contribution < 1.29 is 24.1 Å². The van der Waals surface area contributed by atoms with Crippen LogP contribution in [0.5, 0.6) is 0 Å². The lowest BCUT2D eigenvalue weighted by Gasteiger charge is -2.19. The van der Waals surface area contributed by atoms with Crippen LogP contribution in [0.15, 0.2) is 72.9 Å². The zero-order valence-electron chi connectivity index (χ0n) is 17.7. The number of aromatic amines is 1. The second-order valence-electron chi connectivity index (χ2n) is 8.15. The molecule has 3 aromatic carbocycles. The van der Waals surface area contributed by atoms with Crippen LogP contribution in [0.4, 0.5) is 9.18 Å². The van der Waals surface area contributed by atoms with Gasteiger partial charge in [0.2, 0.25) is 0 Å². The third-order valence-electron chi connectivity index (χ3n) is 6.16. The number of hydrogen-bond donors (Lipinski definition) is 4. The number of carbonyl (C=O) groups is 1. The molecule has 0 spiro atoms. The van der Waals surface area contributed by atoms with Gasteiger partial charge in [-0.15, -0.1) is 0 Å². The molecule has 4 N–H and O–H groups in total. The van der Waals surface area contributed by atoms with Crippen LogP contribution in [0, 0.1) is 5.82 Å². The van der Waals surface area contributed by atoms with Gasteiger partial charge in [0.15, 0.2) is 0 Å². The van der Waals surface area contributed by atoms with Crippen LogP contribution in [0.3, 0.4) is 0 Å². The van der Waals surface area contributed by atoms with E-state index < -0.39 is 24.1 Å². The molecule has 0 saturated carbocycles. The molecule has 0 fully saturated rings. The quantitative estimate of drug-likeness (QED) is 0.356. The van der Waals surface area contributed by atoms with Crippen LogP contribution in [0.25, 0.3) is 22.0 Å². The van der Waals surface area contributed by atoms with E-state index in [9.17, 15) is 19.4 Å². The van der Waals surface area contributed by atoms with Crippen LogP contribution in [0.2, 0.25) is 0 Å². The second-order valence-corrected chi connectivity index (χ2v) is 8.15. The number of aromatic nitrogens is 1. The molecule has 1 aliphatic rings. The van der Waals surface area contributed by atoms with Crippen molar-refractivity contribution in [3.8, 4) is 11.1 Å². The van der Waals surface area contributed by atoms with E-state index in [4.69, 9.17) is 4.74 Å². The first kappa shape index (κ1) is 21.2. The van der Waals surface area contributed by atoms with Crippen molar-refractivity contribution in [2.75, 3.05) is 13.2 Å². The molecule has 33 heavy (non-hydrogen) atoms. The van der Waals surface area contributed by atoms with Gasteiger partial charge >= 0.3 is 6.09 Å². The predicted octanol–water partition coefficient (Wildman–Crippen LogP) is 4.24. The molecule has 2 atom stereocenters. The Kier molecular flexibility index (Phi) is 5.58. The van der Waals surface area contributed by atoms with Gasteiger partial charge in [0, 0.05) is 35.1 Å². The molecule has 2 unspecified atom stereocenters. The van der Waals surface area contributed by atoms with Gasteiger partial charge in [0.25, 0.3) is 0 Å². The van der Waals surface area contributed by atoms with E-state index in [-0.39, 0.29) is 19.1 Å². The number of benzene rings is 3. The molecular formula is C26H23FN2O4. The first-order valence-electron chi connectivity index (χ1n) is 10.7. The van der Waals surface area contributed by atoms with Crippen molar-refractivity contribution in [1.29, 1.82) is 0 Å². The number of H-pyrrole nitrogens is 1. The summed E-state index contributed by atoms with van der Waals surface area (Å²) in [6.07, 6.45) is -1.78. The highest BCUT2D eigenvalue weighted by molar-refractivity contribution is 5.83. The standard InChI is InChI=1S/C26H23FN2O4/c27-15-9-10-23-20(11-15)21(12-28-23)25(31)24(30)13-29-26(32)33-14-22-18-7-3-1-5-16(18)17-6-2-4-8-19(17)22/h1-12,22,24-25,28,30-31H,13-14H2,(H,29,32). The average molecular weight is 446 g/mol. The van der Waals surface area contributed by atoms with Gasteiger partial charge in [-0.3, -0.25) is 0 Å². The topological polar surface area (TPSA) is 94.6 Å². The average Bonchev–Trinajstić information content (AvgIpc) is 3.39. The minimum atomic E-state index is -1.31. The van der Waals surface area contributed by atoms with E-state index in [0.29, 0.717) is 16.5 Å². The lowest BCUT2D eigenvalue weighted by Crippen LogP contribution is -2.36. The molecule has 7 heteroatoms. The fourth-order valence-corrected chi connectivity index (χ4v) is 4.52. The summed E-state index contributed by atoms with van der Waals surface area (Å²) in [5.41, 5.74) is 5.47. The summed E-state index contributed by atoms with van der Waals surface area (Å²) in [4.78, 5) is 15.2. The van der Waals surface area contributed by atoms with E-state index in [0.717, 1.165) is 22.3 Å². The summed E-state index contributed by atoms with van der Waals surface area (Å²) in [6, 6.07) is 20.2. The van der Waals surface area contributed by atoms with Crippen LogP contribution in [-0.4, -0.2) is 40.5 Å². The van der Waals surface area contributed by atoms with E-state index in [1.807, 2.05) is 36.4 Å². The number of alkyl carbamates (subject to hydrolysis) is 1. The number of fused-ring (bicyclic) bond motifs is 4. The van der Waals surface area contributed by atoms with E-state index in [1.165, 1.54) is 18.3 Å². The van der Waals surface area contributed by atoms with Crippen molar-refractivity contribution in [3.63, 3.8) is 0 Å². The van der Waals surface area contributed by atoms with Gasteiger partial charge in [0.05, 0.1) is 0 Å². The maximum atomic E-state index is 13.6. The van der Waals surface area contributed by atoms with Crippen molar-refractivity contribution in [3.05, 3.63) is 95.4 Å². The Morgan fingerprint density at radius 2 is 1.70 bits per heavy atom. The Labute approximate surface area is 189 Å². The summed E-state index contributed by atoms with van der Waals surface area (Å²) in [5, 5.41) is 23.9. The molecular weight excluding hydrogens is 423 g/mol. The maximum absolute atomic E-state index is 13.6. The normalized spacial score (nSPS) is 14.5. The second kappa shape index (κ2) is 8.69. The van der Waals surface area contributed by atoms with Crippen molar-refractivity contribution in [2.24, 2.45) is 0 Å². The Morgan fingerprint density at radius 3 is 2.39 bits per heavy atom. The molecule has 1 amide bonds. The molecule has 1 heterocycles. The predicted molar refractivity (Wildman–Crippen MR) is 122 cm³/mol. The van der Waals surface area contributed by atoms with Crippen molar-refractivity contribution >= 4 is 17.0 Å².